The Balaban J connectivity index is 1.36. The van der Waals surface area contributed by atoms with Crippen molar-refractivity contribution in [2.45, 2.75) is 24.4 Å². The number of hydrogen-bond acceptors (Lipinski definition) is 6. The molecule has 1 aliphatic heterocycles. The highest BCUT2D eigenvalue weighted by Crippen LogP contribution is 2.23. The minimum Gasteiger partial charge on any atom is -0.293 e. The zero-order valence-corrected chi connectivity index (χ0v) is 17.6. The normalized spacial score (nSPS) is 14.3. The minimum atomic E-state index is -3.61. The minimum absolute atomic E-state index is 0.286. The van der Waals surface area contributed by atoms with E-state index in [2.05, 4.69) is 14.9 Å². The third-order valence-electron chi connectivity index (χ3n) is 5.43. The van der Waals surface area contributed by atoms with Gasteiger partial charge in [-0.05, 0) is 36.4 Å². The molecule has 0 spiro atoms. The molecule has 0 saturated carbocycles. The second-order valence-electron chi connectivity index (χ2n) is 7.48. The standard InChI is InChI=1S/C23H21N5O2S/c29-31(30,21-6-2-1-3-7-21)28-13-4-5-20(28)17-27-14-10-22-19(16-27)15-25-23(26-22)18-8-11-24-12-9-18/h1-9,11-13,15H,10,14,16-17H2. The molecular formula is C23H21N5O2S. The van der Waals surface area contributed by atoms with Crippen molar-refractivity contribution in [3.63, 3.8) is 0 Å². The maximum atomic E-state index is 13.0. The molecule has 0 bridgehead atoms. The van der Waals surface area contributed by atoms with E-state index in [4.69, 9.17) is 4.98 Å². The van der Waals surface area contributed by atoms with Gasteiger partial charge < -0.3 is 0 Å². The topological polar surface area (TPSA) is 81.0 Å². The molecule has 8 heteroatoms. The van der Waals surface area contributed by atoms with Crippen LogP contribution in [0, 0.1) is 0 Å². The molecule has 0 aliphatic carbocycles. The Labute approximate surface area is 181 Å². The van der Waals surface area contributed by atoms with Crippen molar-refractivity contribution in [3.8, 4) is 11.4 Å². The predicted octanol–water partition coefficient (Wildman–Crippen LogP) is 3.14. The van der Waals surface area contributed by atoms with Gasteiger partial charge in [-0.25, -0.2) is 22.4 Å². The maximum Gasteiger partial charge on any atom is 0.267 e. The lowest BCUT2D eigenvalue weighted by Crippen LogP contribution is -2.32. The van der Waals surface area contributed by atoms with E-state index >= 15 is 0 Å². The van der Waals surface area contributed by atoms with Gasteiger partial charge in [0.05, 0.1) is 10.6 Å². The van der Waals surface area contributed by atoms with Gasteiger partial charge >= 0.3 is 0 Å². The van der Waals surface area contributed by atoms with Gasteiger partial charge in [0.15, 0.2) is 5.82 Å². The van der Waals surface area contributed by atoms with Crippen LogP contribution in [0.15, 0.2) is 84.3 Å². The average molecular weight is 432 g/mol. The number of pyridine rings is 1. The first kappa shape index (κ1) is 19.6. The smallest absolute Gasteiger partial charge is 0.267 e. The predicted molar refractivity (Wildman–Crippen MR) is 117 cm³/mol. The number of hydrogen-bond donors (Lipinski definition) is 0. The molecule has 0 fully saturated rings. The number of aromatic nitrogens is 4. The van der Waals surface area contributed by atoms with Gasteiger partial charge in [0.2, 0.25) is 0 Å². The third-order valence-corrected chi connectivity index (χ3v) is 7.17. The van der Waals surface area contributed by atoms with E-state index in [1.54, 1.807) is 48.9 Å². The molecule has 31 heavy (non-hydrogen) atoms. The van der Waals surface area contributed by atoms with Gasteiger partial charge in [-0.1, -0.05) is 18.2 Å². The van der Waals surface area contributed by atoms with Gasteiger partial charge in [-0.2, -0.15) is 0 Å². The van der Waals surface area contributed by atoms with E-state index in [9.17, 15) is 8.42 Å². The lowest BCUT2D eigenvalue weighted by Gasteiger charge is -2.28. The Bertz CT molecular complexity index is 1300. The summed E-state index contributed by atoms with van der Waals surface area (Å²) in [5.74, 6) is 0.706. The second kappa shape index (κ2) is 8.05. The van der Waals surface area contributed by atoms with Crippen LogP contribution in [0.5, 0.6) is 0 Å². The van der Waals surface area contributed by atoms with Gasteiger partial charge in [0, 0.05) is 67.7 Å². The zero-order chi connectivity index (χ0) is 21.3. The SMILES string of the molecule is O=S(=O)(c1ccccc1)n1cccc1CN1CCc2nc(-c3ccncc3)ncc2C1. The molecule has 1 aromatic carbocycles. The number of rotatable bonds is 5. The van der Waals surface area contributed by atoms with E-state index in [1.165, 1.54) is 3.97 Å². The monoisotopic (exact) mass is 431 g/mol. The highest BCUT2D eigenvalue weighted by atomic mass is 32.2. The first-order chi connectivity index (χ1) is 15.1. The highest BCUT2D eigenvalue weighted by Gasteiger charge is 2.23. The summed E-state index contributed by atoms with van der Waals surface area (Å²) in [6.07, 6.45) is 7.75. The van der Waals surface area contributed by atoms with Crippen LogP contribution >= 0.6 is 0 Å². The van der Waals surface area contributed by atoms with Crippen molar-refractivity contribution in [1.29, 1.82) is 0 Å². The molecule has 4 heterocycles. The van der Waals surface area contributed by atoms with Gasteiger partial charge in [0.25, 0.3) is 10.0 Å². The van der Waals surface area contributed by atoms with Crippen molar-refractivity contribution in [1.82, 2.24) is 23.8 Å². The molecule has 0 N–H and O–H groups in total. The van der Waals surface area contributed by atoms with Crippen LogP contribution in [-0.2, 0) is 29.5 Å². The maximum absolute atomic E-state index is 13.0. The molecule has 0 unspecified atom stereocenters. The second-order valence-corrected chi connectivity index (χ2v) is 9.29. The Morgan fingerprint density at radius 2 is 1.77 bits per heavy atom. The molecule has 1 aliphatic rings. The largest absolute Gasteiger partial charge is 0.293 e. The van der Waals surface area contributed by atoms with E-state index < -0.39 is 10.0 Å². The molecule has 4 aromatic rings. The Morgan fingerprint density at radius 1 is 0.968 bits per heavy atom. The quantitative estimate of drug-likeness (QED) is 0.483. The summed E-state index contributed by atoms with van der Waals surface area (Å²) in [5, 5.41) is 0. The van der Waals surface area contributed by atoms with Crippen LogP contribution in [-0.4, -0.2) is 38.8 Å². The van der Waals surface area contributed by atoms with Crippen molar-refractivity contribution in [3.05, 3.63) is 96.3 Å². The lowest BCUT2D eigenvalue weighted by atomic mass is 10.1. The molecule has 3 aromatic heterocycles. The van der Waals surface area contributed by atoms with E-state index in [-0.39, 0.29) is 4.90 Å². The highest BCUT2D eigenvalue weighted by molar-refractivity contribution is 7.90. The average Bonchev–Trinajstić information content (AvgIpc) is 3.29. The third kappa shape index (κ3) is 3.87. The summed E-state index contributed by atoms with van der Waals surface area (Å²) < 4.78 is 27.5. The Morgan fingerprint density at radius 3 is 2.58 bits per heavy atom. The molecule has 0 atom stereocenters. The number of benzene rings is 1. The Kier molecular flexibility index (Phi) is 5.09. The van der Waals surface area contributed by atoms with Crippen molar-refractivity contribution >= 4 is 10.0 Å². The fourth-order valence-corrected chi connectivity index (χ4v) is 5.23. The summed E-state index contributed by atoms with van der Waals surface area (Å²) in [7, 11) is -3.61. The van der Waals surface area contributed by atoms with Gasteiger partial charge in [0.1, 0.15) is 0 Å². The van der Waals surface area contributed by atoms with Gasteiger partial charge in [-0.3, -0.25) is 9.88 Å². The fraction of sp³-hybridized carbons (Fsp3) is 0.174. The van der Waals surface area contributed by atoms with Crippen LogP contribution in [0.3, 0.4) is 0 Å². The van der Waals surface area contributed by atoms with Crippen LogP contribution in [0.2, 0.25) is 0 Å². The van der Waals surface area contributed by atoms with Gasteiger partial charge in [-0.15, -0.1) is 0 Å². The number of nitrogens with zero attached hydrogens (tertiary/aromatic N) is 5. The molecule has 156 valence electrons. The zero-order valence-electron chi connectivity index (χ0n) is 16.8. The van der Waals surface area contributed by atoms with Crippen molar-refractivity contribution in [2.24, 2.45) is 0 Å². The van der Waals surface area contributed by atoms with Crippen LogP contribution < -0.4 is 0 Å². The first-order valence-electron chi connectivity index (χ1n) is 10.1. The summed E-state index contributed by atoms with van der Waals surface area (Å²) in [5.41, 5.74) is 3.81. The molecule has 7 nitrogen and oxygen atoms in total. The summed E-state index contributed by atoms with van der Waals surface area (Å²) in [4.78, 5) is 15.8. The van der Waals surface area contributed by atoms with E-state index in [1.807, 2.05) is 30.5 Å². The van der Waals surface area contributed by atoms with Crippen LogP contribution in [0.1, 0.15) is 17.0 Å². The number of fused-ring (bicyclic) bond motifs is 1. The lowest BCUT2D eigenvalue weighted by molar-refractivity contribution is 0.239. The van der Waals surface area contributed by atoms with Crippen LogP contribution in [0.4, 0.5) is 0 Å². The Hall–Kier alpha value is -3.36. The molecular weight excluding hydrogens is 410 g/mol. The van der Waals surface area contributed by atoms with Crippen LogP contribution in [0.25, 0.3) is 11.4 Å². The van der Waals surface area contributed by atoms with E-state index in [0.717, 1.165) is 35.5 Å². The molecule has 0 amide bonds. The summed E-state index contributed by atoms with van der Waals surface area (Å²) >= 11 is 0. The molecule has 0 radical (unpaired) electrons. The molecule has 5 rings (SSSR count). The summed E-state index contributed by atoms with van der Waals surface area (Å²) in [6.45, 7) is 2.02. The summed E-state index contributed by atoms with van der Waals surface area (Å²) in [6, 6.07) is 16.0. The van der Waals surface area contributed by atoms with Crippen molar-refractivity contribution in [2.75, 3.05) is 6.54 Å². The van der Waals surface area contributed by atoms with E-state index in [0.29, 0.717) is 18.9 Å². The fourth-order valence-electron chi connectivity index (χ4n) is 3.84. The van der Waals surface area contributed by atoms with Crippen molar-refractivity contribution < 1.29 is 8.42 Å². The molecule has 0 saturated heterocycles. The first-order valence-corrected chi connectivity index (χ1v) is 11.5.